The Morgan fingerprint density at radius 2 is 1.85 bits per heavy atom. The second-order valence-corrected chi connectivity index (χ2v) is 8.85. The summed E-state index contributed by atoms with van der Waals surface area (Å²) in [6.07, 6.45) is -4.64. The number of alkyl halides is 3. The van der Waals surface area contributed by atoms with Gasteiger partial charge in [0.15, 0.2) is 0 Å². The monoisotopic (exact) mass is 413 g/mol. The molecule has 26 heavy (non-hydrogen) atoms. The van der Waals surface area contributed by atoms with Gasteiger partial charge in [0.1, 0.15) is 4.90 Å². The van der Waals surface area contributed by atoms with Gasteiger partial charge in [-0.15, -0.1) is 0 Å². The number of hydrogen-bond donors (Lipinski definition) is 1. The van der Waals surface area contributed by atoms with Gasteiger partial charge in [-0.05, 0) is 31.2 Å². The molecule has 1 N–H and O–H groups in total. The Hall–Kier alpha value is -0.870. The zero-order valence-corrected chi connectivity index (χ0v) is 16.3. The van der Waals surface area contributed by atoms with Crippen molar-refractivity contribution in [2.24, 2.45) is 5.92 Å². The van der Waals surface area contributed by atoms with Crippen molar-refractivity contribution in [3.05, 3.63) is 28.8 Å². The van der Waals surface area contributed by atoms with E-state index in [9.17, 15) is 21.6 Å². The molecule has 0 amide bonds. The number of nitrogens with zero attached hydrogens (tertiary/aromatic N) is 2. The number of likely N-dealkylation sites (N-methyl/N-ethyl adjacent to an activating group) is 1. The normalized spacial score (nSPS) is 18.8. The number of halogens is 4. The first-order valence-corrected chi connectivity index (χ1v) is 10.1. The minimum Gasteiger partial charge on any atom is -0.304 e. The van der Waals surface area contributed by atoms with Gasteiger partial charge in [-0.25, -0.2) is 13.1 Å². The highest BCUT2D eigenvalue weighted by Gasteiger charge is 2.32. The van der Waals surface area contributed by atoms with Crippen LogP contribution in [0, 0.1) is 5.92 Å². The Kier molecular flexibility index (Phi) is 6.95. The van der Waals surface area contributed by atoms with E-state index >= 15 is 0 Å². The van der Waals surface area contributed by atoms with E-state index in [0.717, 1.165) is 38.3 Å². The lowest BCUT2D eigenvalue weighted by molar-refractivity contribution is -0.137. The Bertz CT molecular complexity index is 720. The number of piperazine rings is 1. The number of hydrogen-bond acceptors (Lipinski definition) is 4. The van der Waals surface area contributed by atoms with E-state index in [4.69, 9.17) is 11.6 Å². The lowest BCUT2D eigenvalue weighted by Gasteiger charge is -2.33. The van der Waals surface area contributed by atoms with Crippen LogP contribution in [0.4, 0.5) is 13.2 Å². The van der Waals surface area contributed by atoms with E-state index in [0.29, 0.717) is 12.6 Å². The number of sulfonamides is 1. The van der Waals surface area contributed by atoms with Crippen LogP contribution in [0.2, 0.25) is 5.02 Å². The molecule has 1 fully saturated rings. The Morgan fingerprint density at radius 3 is 2.42 bits per heavy atom. The van der Waals surface area contributed by atoms with Crippen molar-refractivity contribution in [1.82, 2.24) is 14.5 Å². The number of rotatable bonds is 6. The smallest absolute Gasteiger partial charge is 0.304 e. The van der Waals surface area contributed by atoms with Gasteiger partial charge in [-0.2, -0.15) is 13.2 Å². The zero-order valence-electron chi connectivity index (χ0n) is 14.7. The van der Waals surface area contributed by atoms with Gasteiger partial charge in [0.05, 0.1) is 10.6 Å². The molecule has 148 valence electrons. The van der Waals surface area contributed by atoms with Gasteiger partial charge in [-0.1, -0.05) is 18.5 Å². The second-order valence-electron chi connectivity index (χ2n) is 6.70. The van der Waals surface area contributed by atoms with Crippen molar-refractivity contribution in [1.29, 1.82) is 0 Å². The largest absolute Gasteiger partial charge is 0.416 e. The molecule has 0 aromatic heterocycles. The Balaban J connectivity index is 2.00. The minimum absolute atomic E-state index is 0.0118. The maximum atomic E-state index is 12.8. The van der Waals surface area contributed by atoms with Crippen molar-refractivity contribution < 1.29 is 21.6 Å². The van der Waals surface area contributed by atoms with Crippen molar-refractivity contribution in [3.63, 3.8) is 0 Å². The molecule has 1 aliphatic heterocycles. The fourth-order valence-corrected chi connectivity index (χ4v) is 4.44. The summed E-state index contributed by atoms with van der Waals surface area (Å²) < 4.78 is 65.6. The average molecular weight is 414 g/mol. The first kappa shape index (κ1) is 21.4. The molecule has 0 saturated carbocycles. The van der Waals surface area contributed by atoms with Crippen LogP contribution in [-0.4, -0.2) is 64.5 Å². The van der Waals surface area contributed by atoms with Gasteiger partial charge < -0.3 is 9.80 Å². The molecule has 1 saturated heterocycles. The van der Waals surface area contributed by atoms with Crippen LogP contribution in [0.1, 0.15) is 12.5 Å². The van der Waals surface area contributed by atoms with E-state index in [2.05, 4.69) is 14.5 Å². The SMILES string of the molecule is CC(CNS(=O)(=O)c1cc(C(F)(F)F)ccc1Cl)CN1CCN(C)CC1. The van der Waals surface area contributed by atoms with Crippen LogP contribution >= 0.6 is 11.6 Å². The molecule has 1 aromatic carbocycles. The van der Waals surface area contributed by atoms with E-state index in [1.807, 2.05) is 14.0 Å². The molecule has 1 atom stereocenters. The molecule has 0 aliphatic carbocycles. The summed E-state index contributed by atoms with van der Waals surface area (Å²) in [6, 6.07) is 2.28. The predicted molar refractivity (Wildman–Crippen MR) is 94.7 cm³/mol. The molecule has 0 radical (unpaired) electrons. The molecule has 1 aliphatic rings. The maximum absolute atomic E-state index is 12.8. The highest BCUT2D eigenvalue weighted by molar-refractivity contribution is 7.89. The van der Waals surface area contributed by atoms with Crippen LogP contribution in [0.5, 0.6) is 0 Å². The fourth-order valence-electron chi connectivity index (χ4n) is 2.75. The molecule has 1 heterocycles. The molecular formula is C16H23ClF3N3O2S. The van der Waals surface area contributed by atoms with Crippen LogP contribution in [-0.2, 0) is 16.2 Å². The second kappa shape index (κ2) is 8.43. The quantitative estimate of drug-likeness (QED) is 0.778. The van der Waals surface area contributed by atoms with E-state index < -0.39 is 26.7 Å². The van der Waals surface area contributed by atoms with Crippen molar-refractivity contribution in [2.75, 3.05) is 46.3 Å². The van der Waals surface area contributed by atoms with Gasteiger partial charge in [-0.3, -0.25) is 0 Å². The van der Waals surface area contributed by atoms with Gasteiger partial charge in [0.2, 0.25) is 10.0 Å². The third-order valence-electron chi connectivity index (χ3n) is 4.34. The van der Waals surface area contributed by atoms with Crippen molar-refractivity contribution in [2.45, 2.75) is 18.0 Å². The third-order valence-corrected chi connectivity index (χ3v) is 6.24. The first-order valence-electron chi connectivity index (χ1n) is 8.26. The molecular weight excluding hydrogens is 391 g/mol. The summed E-state index contributed by atoms with van der Waals surface area (Å²) in [6.45, 7) is 6.47. The third kappa shape index (κ3) is 5.82. The number of nitrogens with one attached hydrogen (secondary N) is 1. The highest BCUT2D eigenvalue weighted by Crippen LogP contribution is 2.33. The topological polar surface area (TPSA) is 52.7 Å². The van der Waals surface area contributed by atoms with Gasteiger partial charge >= 0.3 is 6.18 Å². The first-order chi connectivity index (χ1) is 12.0. The number of benzene rings is 1. The van der Waals surface area contributed by atoms with E-state index in [1.165, 1.54) is 0 Å². The summed E-state index contributed by atoms with van der Waals surface area (Å²) in [5, 5.41) is -0.239. The summed E-state index contributed by atoms with van der Waals surface area (Å²) in [4.78, 5) is 3.91. The molecule has 0 spiro atoms. The molecule has 1 aromatic rings. The molecule has 5 nitrogen and oxygen atoms in total. The Morgan fingerprint density at radius 1 is 1.23 bits per heavy atom. The summed E-state index contributed by atoms with van der Waals surface area (Å²) in [7, 11) is -2.08. The minimum atomic E-state index is -4.64. The Labute approximate surface area is 157 Å². The zero-order chi connectivity index (χ0) is 19.5. The summed E-state index contributed by atoms with van der Waals surface area (Å²) in [5.74, 6) is 0.0118. The van der Waals surface area contributed by atoms with Crippen LogP contribution in [0.25, 0.3) is 0 Å². The maximum Gasteiger partial charge on any atom is 0.416 e. The summed E-state index contributed by atoms with van der Waals surface area (Å²) >= 11 is 5.82. The van der Waals surface area contributed by atoms with Gasteiger partial charge in [0.25, 0.3) is 0 Å². The van der Waals surface area contributed by atoms with Crippen molar-refractivity contribution in [3.8, 4) is 0 Å². The van der Waals surface area contributed by atoms with E-state index in [1.54, 1.807) is 0 Å². The van der Waals surface area contributed by atoms with Crippen LogP contribution in [0.15, 0.2) is 23.1 Å². The highest BCUT2D eigenvalue weighted by atomic mass is 35.5. The molecule has 2 rings (SSSR count). The van der Waals surface area contributed by atoms with Crippen molar-refractivity contribution >= 4 is 21.6 Å². The van der Waals surface area contributed by atoms with E-state index in [-0.39, 0.29) is 17.5 Å². The molecule has 0 bridgehead atoms. The lowest BCUT2D eigenvalue weighted by atomic mass is 10.1. The fraction of sp³-hybridized carbons (Fsp3) is 0.625. The van der Waals surface area contributed by atoms with Gasteiger partial charge in [0, 0.05) is 39.3 Å². The molecule has 10 heteroatoms. The summed E-state index contributed by atoms with van der Waals surface area (Å²) in [5.41, 5.74) is -1.05. The lowest BCUT2D eigenvalue weighted by Crippen LogP contribution is -2.46. The predicted octanol–water partition coefficient (Wildman–Crippen LogP) is 2.52. The standard InChI is InChI=1S/C16H23ClF3N3O2S/c1-12(11-23-7-5-22(2)6-8-23)10-21-26(24,25)15-9-13(16(18,19)20)3-4-14(15)17/h3-4,9,12,21H,5-8,10-11H2,1-2H3. The average Bonchev–Trinajstić information content (AvgIpc) is 2.54. The van der Waals surface area contributed by atoms with Crippen LogP contribution in [0.3, 0.4) is 0 Å². The van der Waals surface area contributed by atoms with Crippen LogP contribution < -0.4 is 4.72 Å². The molecule has 1 unspecified atom stereocenters.